The van der Waals surface area contributed by atoms with Gasteiger partial charge in [0.2, 0.25) is 5.95 Å². The Morgan fingerprint density at radius 3 is 3.00 bits per heavy atom. The summed E-state index contributed by atoms with van der Waals surface area (Å²) < 4.78 is 1.67. The number of anilines is 1. The number of aromatic amines is 1. The standard InChI is InChI=1S/C12H15N5O3/c1-5-6(3-18)8(19)2-7(5)17-4-14-9-10(17)15-12(13)16-11(9)20/h4,6-8,18-19H,1-3H2,(H3,13,15,16,20)/t6-,7-,8+/m0/s1. The van der Waals surface area contributed by atoms with Crippen LogP contribution in [0.4, 0.5) is 5.95 Å². The van der Waals surface area contributed by atoms with E-state index in [9.17, 15) is 15.0 Å². The number of hydrogen-bond acceptors (Lipinski definition) is 6. The molecule has 0 bridgehead atoms. The minimum Gasteiger partial charge on any atom is -0.396 e. The summed E-state index contributed by atoms with van der Waals surface area (Å²) in [7, 11) is 0. The van der Waals surface area contributed by atoms with Gasteiger partial charge in [-0.05, 0) is 12.0 Å². The van der Waals surface area contributed by atoms with Crippen molar-refractivity contribution < 1.29 is 10.2 Å². The van der Waals surface area contributed by atoms with E-state index in [1.807, 2.05) is 0 Å². The molecule has 3 rings (SSSR count). The van der Waals surface area contributed by atoms with E-state index in [1.165, 1.54) is 6.33 Å². The van der Waals surface area contributed by atoms with E-state index >= 15 is 0 Å². The Kier molecular flexibility index (Phi) is 2.84. The summed E-state index contributed by atoms with van der Waals surface area (Å²) in [5.74, 6) is -0.371. The summed E-state index contributed by atoms with van der Waals surface area (Å²) in [6.07, 6.45) is 1.20. The minimum absolute atomic E-state index is 0.00659. The number of aliphatic hydroxyl groups is 2. The fourth-order valence-corrected chi connectivity index (χ4v) is 2.74. The van der Waals surface area contributed by atoms with E-state index in [-0.39, 0.29) is 30.0 Å². The lowest BCUT2D eigenvalue weighted by Crippen LogP contribution is -2.17. The second-order valence-corrected chi connectivity index (χ2v) is 4.96. The van der Waals surface area contributed by atoms with E-state index in [1.54, 1.807) is 4.57 Å². The Hall–Kier alpha value is -2.19. The first-order chi connectivity index (χ1) is 9.52. The van der Waals surface area contributed by atoms with Crippen LogP contribution >= 0.6 is 0 Å². The predicted octanol–water partition coefficient (Wildman–Crippen LogP) is -0.828. The zero-order valence-electron chi connectivity index (χ0n) is 10.7. The van der Waals surface area contributed by atoms with Gasteiger partial charge in [-0.2, -0.15) is 4.98 Å². The molecule has 2 heterocycles. The van der Waals surface area contributed by atoms with Gasteiger partial charge in [-0.1, -0.05) is 6.58 Å². The van der Waals surface area contributed by atoms with Gasteiger partial charge in [0.05, 0.1) is 25.1 Å². The molecule has 0 spiro atoms. The third-order valence-corrected chi connectivity index (χ3v) is 3.82. The van der Waals surface area contributed by atoms with Crippen LogP contribution in [0.15, 0.2) is 23.3 Å². The highest BCUT2D eigenvalue weighted by Crippen LogP contribution is 2.39. The number of aliphatic hydroxyl groups excluding tert-OH is 2. The monoisotopic (exact) mass is 277 g/mol. The molecule has 0 amide bonds. The van der Waals surface area contributed by atoms with E-state index in [2.05, 4.69) is 21.5 Å². The smallest absolute Gasteiger partial charge is 0.280 e. The van der Waals surface area contributed by atoms with Crippen molar-refractivity contribution in [2.24, 2.45) is 5.92 Å². The number of rotatable bonds is 2. The molecule has 5 N–H and O–H groups in total. The third kappa shape index (κ3) is 1.73. The molecule has 3 atom stereocenters. The Morgan fingerprint density at radius 1 is 1.60 bits per heavy atom. The molecule has 8 heteroatoms. The maximum absolute atomic E-state index is 11.7. The Bertz CT molecular complexity index is 734. The summed E-state index contributed by atoms with van der Waals surface area (Å²) in [6, 6.07) is -0.263. The van der Waals surface area contributed by atoms with Crippen molar-refractivity contribution in [3.63, 3.8) is 0 Å². The van der Waals surface area contributed by atoms with Crippen LogP contribution in [-0.2, 0) is 0 Å². The summed E-state index contributed by atoms with van der Waals surface area (Å²) >= 11 is 0. The predicted molar refractivity (Wildman–Crippen MR) is 71.9 cm³/mol. The van der Waals surface area contributed by atoms with Crippen LogP contribution in [0.5, 0.6) is 0 Å². The highest BCUT2D eigenvalue weighted by molar-refractivity contribution is 5.70. The normalized spacial score (nSPS) is 26.5. The molecule has 20 heavy (non-hydrogen) atoms. The van der Waals surface area contributed by atoms with Gasteiger partial charge in [-0.3, -0.25) is 9.78 Å². The Morgan fingerprint density at radius 2 is 2.35 bits per heavy atom. The third-order valence-electron chi connectivity index (χ3n) is 3.82. The Labute approximate surface area is 113 Å². The maximum atomic E-state index is 11.7. The molecule has 2 aromatic heterocycles. The summed E-state index contributed by atoms with van der Waals surface area (Å²) in [6.45, 7) is 3.76. The topological polar surface area (TPSA) is 130 Å². The van der Waals surface area contributed by atoms with Gasteiger partial charge in [0.25, 0.3) is 5.56 Å². The van der Waals surface area contributed by atoms with Crippen molar-refractivity contribution in [3.8, 4) is 0 Å². The number of nitrogens with two attached hydrogens (primary N) is 1. The summed E-state index contributed by atoms with van der Waals surface area (Å²) in [4.78, 5) is 22.2. The Balaban J connectivity index is 2.12. The number of H-pyrrole nitrogens is 1. The molecule has 8 nitrogen and oxygen atoms in total. The zero-order chi connectivity index (χ0) is 14.4. The van der Waals surface area contributed by atoms with Crippen molar-refractivity contribution in [2.75, 3.05) is 12.3 Å². The maximum Gasteiger partial charge on any atom is 0.280 e. The largest absolute Gasteiger partial charge is 0.396 e. The molecule has 1 aliphatic carbocycles. The number of aromatic nitrogens is 4. The van der Waals surface area contributed by atoms with E-state index in [0.717, 1.165) is 0 Å². The van der Waals surface area contributed by atoms with Gasteiger partial charge in [0, 0.05) is 5.92 Å². The van der Waals surface area contributed by atoms with Gasteiger partial charge >= 0.3 is 0 Å². The quantitative estimate of drug-likeness (QED) is 0.530. The fraction of sp³-hybridized carbons (Fsp3) is 0.417. The van der Waals surface area contributed by atoms with Crippen molar-refractivity contribution in [3.05, 3.63) is 28.8 Å². The minimum atomic E-state index is -0.672. The molecule has 106 valence electrons. The van der Waals surface area contributed by atoms with E-state index < -0.39 is 11.7 Å². The molecule has 1 aliphatic rings. The molecule has 2 aromatic rings. The van der Waals surface area contributed by atoms with Crippen LogP contribution < -0.4 is 11.3 Å². The number of nitrogen functional groups attached to an aromatic ring is 1. The molecule has 0 saturated heterocycles. The molecule has 0 radical (unpaired) electrons. The van der Waals surface area contributed by atoms with Gasteiger partial charge in [-0.15, -0.1) is 0 Å². The van der Waals surface area contributed by atoms with E-state index in [0.29, 0.717) is 17.6 Å². The van der Waals surface area contributed by atoms with Crippen molar-refractivity contribution in [2.45, 2.75) is 18.6 Å². The molecule has 1 saturated carbocycles. The van der Waals surface area contributed by atoms with Gasteiger partial charge < -0.3 is 20.5 Å². The van der Waals surface area contributed by atoms with Crippen LogP contribution in [0.2, 0.25) is 0 Å². The number of fused-ring (bicyclic) bond motifs is 1. The number of nitrogens with one attached hydrogen (secondary N) is 1. The van der Waals surface area contributed by atoms with Crippen molar-refractivity contribution in [1.82, 2.24) is 19.5 Å². The van der Waals surface area contributed by atoms with Crippen LogP contribution in [0.1, 0.15) is 12.5 Å². The molecular formula is C12H15N5O3. The van der Waals surface area contributed by atoms with Crippen LogP contribution in [0.3, 0.4) is 0 Å². The number of hydrogen-bond donors (Lipinski definition) is 4. The average Bonchev–Trinajstić information content (AvgIpc) is 2.91. The molecule has 0 unspecified atom stereocenters. The number of nitrogens with zero attached hydrogens (tertiary/aromatic N) is 3. The van der Waals surface area contributed by atoms with Crippen molar-refractivity contribution >= 4 is 17.1 Å². The summed E-state index contributed by atoms with van der Waals surface area (Å²) in [5, 5.41) is 19.2. The molecule has 1 fully saturated rings. The fourth-order valence-electron chi connectivity index (χ4n) is 2.74. The van der Waals surface area contributed by atoms with Gasteiger partial charge in [-0.25, -0.2) is 4.98 Å². The SMILES string of the molecule is C=C1[C@H](CO)[C@H](O)C[C@@H]1n1cnc2c(=O)[nH]c(N)nc21. The average molecular weight is 277 g/mol. The molecule has 0 aromatic carbocycles. The lowest BCUT2D eigenvalue weighted by Gasteiger charge is -2.15. The molecule has 0 aliphatic heterocycles. The highest BCUT2D eigenvalue weighted by Gasteiger charge is 2.37. The number of imidazole rings is 1. The van der Waals surface area contributed by atoms with Crippen LogP contribution in [0.25, 0.3) is 11.2 Å². The summed E-state index contributed by atoms with van der Waals surface area (Å²) in [5.41, 5.74) is 6.37. The lowest BCUT2D eigenvalue weighted by molar-refractivity contribution is 0.101. The van der Waals surface area contributed by atoms with Crippen molar-refractivity contribution in [1.29, 1.82) is 0 Å². The second kappa shape index (κ2) is 4.43. The van der Waals surface area contributed by atoms with Gasteiger partial charge in [0.1, 0.15) is 0 Å². The first kappa shape index (κ1) is 12.8. The van der Waals surface area contributed by atoms with E-state index in [4.69, 9.17) is 5.73 Å². The van der Waals surface area contributed by atoms with Crippen LogP contribution in [0, 0.1) is 5.92 Å². The zero-order valence-corrected chi connectivity index (χ0v) is 10.7. The second-order valence-electron chi connectivity index (χ2n) is 4.96. The highest BCUT2D eigenvalue weighted by atomic mass is 16.3. The lowest BCUT2D eigenvalue weighted by atomic mass is 10.0. The van der Waals surface area contributed by atoms with Gasteiger partial charge in [0.15, 0.2) is 11.2 Å². The first-order valence-corrected chi connectivity index (χ1v) is 6.23. The first-order valence-electron chi connectivity index (χ1n) is 6.23. The van der Waals surface area contributed by atoms with Crippen LogP contribution in [-0.4, -0.2) is 42.4 Å². The molecular weight excluding hydrogens is 262 g/mol.